The van der Waals surface area contributed by atoms with E-state index in [0.29, 0.717) is 5.69 Å². The first kappa shape index (κ1) is 11.6. The Kier molecular flexibility index (Phi) is 2.63. The van der Waals surface area contributed by atoms with Gasteiger partial charge in [-0.15, -0.1) is 0 Å². The lowest BCUT2D eigenvalue weighted by molar-refractivity contribution is 0.416. The quantitative estimate of drug-likeness (QED) is 0.764. The van der Waals surface area contributed by atoms with Crippen LogP contribution in [0.1, 0.15) is 5.69 Å². The van der Waals surface area contributed by atoms with Crippen molar-refractivity contribution < 1.29 is 4.74 Å². The van der Waals surface area contributed by atoms with Crippen LogP contribution < -0.4 is 10.5 Å². The first-order chi connectivity index (χ1) is 9.20. The van der Waals surface area contributed by atoms with Gasteiger partial charge in [0.1, 0.15) is 11.6 Å². The number of pyridine rings is 1. The zero-order valence-electron chi connectivity index (χ0n) is 10.9. The second kappa shape index (κ2) is 4.31. The molecule has 1 aromatic carbocycles. The summed E-state index contributed by atoms with van der Waals surface area (Å²) in [4.78, 5) is 4.64. The molecule has 3 aromatic rings. The molecule has 19 heavy (non-hydrogen) atoms. The van der Waals surface area contributed by atoms with Crippen molar-refractivity contribution >= 4 is 11.2 Å². The van der Waals surface area contributed by atoms with Gasteiger partial charge in [0.2, 0.25) is 0 Å². The highest BCUT2D eigenvalue weighted by Crippen LogP contribution is 2.30. The van der Waals surface area contributed by atoms with Gasteiger partial charge >= 0.3 is 0 Å². The van der Waals surface area contributed by atoms with Crippen LogP contribution in [0, 0.1) is 6.92 Å². The average Bonchev–Trinajstić information content (AvgIpc) is 2.75. The number of benzene rings is 1. The summed E-state index contributed by atoms with van der Waals surface area (Å²) in [7, 11) is 1.66. The molecule has 0 fully saturated rings. The van der Waals surface area contributed by atoms with Crippen LogP contribution in [-0.4, -0.2) is 16.5 Å². The zero-order valence-corrected chi connectivity index (χ0v) is 10.9. The molecular formula is C15H15N3O. The number of nitrogen functional groups attached to an aromatic ring is 1. The van der Waals surface area contributed by atoms with Gasteiger partial charge in [0.15, 0.2) is 0 Å². The van der Waals surface area contributed by atoms with Crippen molar-refractivity contribution in [1.82, 2.24) is 9.38 Å². The Morgan fingerprint density at radius 1 is 1.16 bits per heavy atom. The molecule has 0 atom stereocenters. The molecule has 96 valence electrons. The Hall–Kier alpha value is -2.49. The molecule has 3 rings (SSSR count). The fourth-order valence-corrected chi connectivity index (χ4v) is 2.28. The first-order valence-electron chi connectivity index (χ1n) is 6.08. The number of nitrogens with two attached hydrogens (primary N) is 1. The van der Waals surface area contributed by atoms with E-state index in [9.17, 15) is 0 Å². The lowest BCUT2D eigenvalue weighted by Crippen LogP contribution is -1.95. The molecule has 2 N–H and O–H groups in total. The van der Waals surface area contributed by atoms with Crippen molar-refractivity contribution in [3.05, 3.63) is 48.3 Å². The van der Waals surface area contributed by atoms with E-state index >= 15 is 0 Å². The van der Waals surface area contributed by atoms with E-state index < -0.39 is 0 Å². The third-order valence-corrected chi connectivity index (χ3v) is 3.19. The lowest BCUT2D eigenvalue weighted by atomic mass is 10.2. The Balaban J connectivity index is 2.33. The second-order valence-electron chi connectivity index (χ2n) is 4.44. The fourth-order valence-electron chi connectivity index (χ4n) is 2.28. The number of ether oxygens (including phenoxy) is 1. The molecule has 2 heterocycles. The number of aromatic nitrogens is 2. The zero-order chi connectivity index (χ0) is 13.4. The van der Waals surface area contributed by atoms with E-state index in [2.05, 4.69) is 4.98 Å². The van der Waals surface area contributed by atoms with Gasteiger partial charge in [0, 0.05) is 11.9 Å². The van der Waals surface area contributed by atoms with E-state index in [1.54, 1.807) is 7.11 Å². The van der Waals surface area contributed by atoms with Crippen molar-refractivity contribution in [2.45, 2.75) is 6.92 Å². The van der Waals surface area contributed by atoms with Crippen LogP contribution in [0.25, 0.3) is 16.9 Å². The number of rotatable bonds is 2. The largest absolute Gasteiger partial charge is 0.496 e. The smallest absolute Gasteiger partial charge is 0.148 e. The minimum Gasteiger partial charge on any atom is -0.496 e. The highest BCUT2D eigenvalue weighted by molar-refractivity contribution is 5.71. The van der Waals surface area contributed by atoms with Gasteiger partial charge in [0.25, 0.3) is 0 Å². The van der Waals surface area contributed by atoms with E-state index in [4.69, 9.17) is 10.5 Å². The minimum absolute atomic E-state index is 0.709. The summed E-state index contributed by atoms with van der Waals surface area (Å²) in [6, 6.07) is 11.7. The van der Waals surface area contributed by atoms with Gasteiger partial charge in [-0.1, -0.05) is 12.1 Å². The Morgan fingerprint density at radius 3 is 2.74 bits per heavy atom. The third-order valence-electron chi connectivity index (χ3n) is 3.19. The normalized spacial score (nSPS) is 10.8. The van der Waals surface area contributed by atoms with Crippen LogP contribution in [0.4, 0.5) is 5.69 Å². The number of hydrogen-bond acceptors (Lipinski definition) is 3. The number of imidazole rings is 1. The van der Waals surface area contributed by atoms with Crippen molar-refractivity contribution in [3.8, 4) is 17.1 Å². The van der Waals surface area contributed by atoms with Crippen molar-refractivity contribution in [1.29, 1.82) is 0 Å². The molecule has 0 saturated heterocycles. The summed E-state index contributed by atoms with van der Waals surface area (Å²) < 4.78 is 7.41. The van der Waals surface area contributed by atoms with Crippen molar-refractivity contribution in [2.24, 2.45) is 0 Å². The van der Waals surface area contributed by atoms with Crippen LogP contribution in [0.3, 0.4) is 0 Å². The molecule has 0 unspecified atom stereocenters. The summed E-state index contributed by atoms with van der Waals surface area (Å²) >= 11 is 0. The van der Waals surface area contributed by atoms with E-state index in [1.807, 2.05) is 53.9 Å². The molecule has 4 nitrogen and oxygen atoms in total. The molecule has 0 radical (unpaired) electrons. The van der Waals surface area contributed by atoms with Crippen LogP contribution in [0.2, 0.25) is 0 Å². The summed E-state index contributed by atoms with van der Waals surface area (Å²) in [5.74, 6) is 1.65. The number of aryl methyl sites for hydroxylation is 1. The maximum Gasteiger partial charge on any atom is 0.148 e. The third kappa shape index (κ3) is 1.81. The Bertz CT molecular complexity index is 746. The van der Waals surface area contributed by atoms with Crippen molar-refractivity contribution in [3.63, 3.8) is 0 Å². The number of anilines is 1. The SMILES string of the molecule is COc1ccccc1-c1nc(C)c2ccc(N)cn12. The van der Waals surface area contributed by atoms with E-state index in [-0.39, 0.29) is 0 Å². The molecule has 0 amide bonds. The summed E-state index contributed by atoms with van der Waals surface area (Å²) in [5, 5.41) is 0. The molecule has 4 heteroatoms. The molecule has 0 aliphatic heterocycles. The standard InChI is InChI=1S/C15H15N3O/c1-10-13-8-7-11(16)9-18(13)15(17-10)12-5-3-4-6-14(12)19-2/h3-9H,16H2,1-2H3. The topological polar surface area (TPSA) is 52.5 Å². The Morgan fingerprint density at radius 2 is 1.95 bits per heavy atom. The highest BCUT2D eigenvalue weighted by atomic mass is 16.5. The van der Waals surface area contributed by atoms with Gasteiger partial charge in [-0.2, -0.15) is 0 Å². The molecule has 2 aromatic heterocycles. The highest BCUT2D eigenvalue weighted by Gasteiger charge is 2.13. The number of fused-ring (bicyclic) bond motifs is 1. The van der Waals surface area contributed by atoms with Crippen molar-refractivity contribution in [2.75, 3.05) is 12.8 Å². The predicted octanol–water partition coefficient (Wildman–Crippen LogP) is 2.90. The predicted molar refractivity (Wildman–Crippen MR) is 76.3 cm³/mol. The minimum atomic E-state index is 0.709. The first-order valence-corrected chi connectivity index (χ1v) is 6.08. The van der Waals surface area contributed by atoms with Gasteiger partial charge in [-0.05, 0) is 31.2 Å². The molecule has 0 spiro atoms. The molecule has 0 aliphatic rings. The number of para-hydroxylation sites is 1. The van der Waals surface area contributed by atoms with Gasteiger partial charge in [0.05, 0.1) is 23.9 Å². The molecule has 0 saturated carbocycles. The maximum atomic E-state index is 5.87. The monoisotopic (exact) mass is 253 g/mol. The second-order valence-corrected chi connectivity index (χ2v) is 4.44. The van der Waals surface area contributed by atoms with E-state index in [1.165, 1.54) is 0 Å². The number of nitrogens with zero attached hydrogens (tertiary/aromatic N) is 2. The fraction of sp³-hybridized carbons (Fsp3) is 0.133. The summed E-state index contributed by atoms with van der Waals surface area (Å²) in [6.07, 6.45) is 1.89. The lowest BCUT2D eigenvalue weighted by Gasteiger charge is -2.07. The van der Waals surface area contributed by atoms with Gasteiger partial charge < -0.3 is 10.5 Å². The average molecular weight is 253 g/mol. The van der Waals surface area contributed by atoms with Crippen LogP contribution in [-0.2, 0) is 0 Å². The molecule has 0 bridgehead atoms. The van der Waals surface area contributed by atoms with E-state index in [0.717, 1.165) is 28.3 Å². The summed E-state index contributed by atoms with van der Waals surface area (Å²) in [5.41, 5.74) is 9.56. The number of hydrogen-bond donors (Lipinski definition) is 1. The molecule has 0 aliphatic carbocycles. The van der Waals surface area contributed by atoms with Crippen LogP contribution in [0.15, 0.2) is 42.6 Å². The van der Waals surface area contributed by atoms with Crippen LogP contribution >= 0.6 is 0 Å². The molecular weight excluding hydrogens is 238 g/mol. The van der Waals surface area contributed by atoms with Crippen LogP contribution in [0.5, 0.6) is 5.75 Å². The maximum absolute atomic E-state index is 5.87. The number of methoxy groups -OCH3 is 1. The van der Waals surface area contributed by atoms with Gasteiger partial charge in [-0.25, -0.2) is 4.98 Å². The Labute approximate surface area is 111 Å². The summed E-state index contributed by atoms with van der Waals surface area (Å²) in [6.45, 7) is 1.99. The van der Waals surface area contributed by atoms with Gasteiger partial charge in [-0.3, -0.25) is 4.40 Å².